The highest BCUT2D eigenvalue weighted by Gasteiger charge is 2.11. The summed E-state index contributed by atoms with van der Waals surface area (Å²) in [5, 5.41) is 0. The first-order chi connectivity index (χ1) is 7.83. The molecule has 0 aliphatic heterocycles. The van der Waals surface area contributed by atoms with Gasteiger partial charge in [0, 0.05) is 11.8 Å². The first-order valence-electron chi connectivity index (χ1n) is 5.09. The number of ketones is 1. The van der Waals surface area contributed by atoms with Crippen LogP contribution in [-0.2, 0) is 14.8 Å². The minimum Gasteiger partial charge on any atom is -0.295 e. The Kier molecular flexibility index (Phi) is 4.07. The Morgan fingerprint density at radius 3 is 2.18 bits per heavy atom. The van der Waals surface area contributed by atoms with Gasteiger partial charge in [0.05, 0.1) is 4.90 Å². The number of Topliss-reactive ketones (excluding diaryl/α,β-unsaturated/α-hetero) is 1. The first kappa shape index (κ1) is 13.4. The maximum Gasteiger partial charge on any atom is 0.261 e. The standard InChI is InChI=1S/C12H15NO3S/c1-9-4-6-12(7-5-9)17(15,16)13-8-10(2)11(3)14/h4-8,13H,1-3H3/b10-8+. The lowest BCUT2D eigenvalue weighted by molar-refractivity contribution is -0.113. The summed E-state index contributed by atoms with van der Waals surface area (Å²) in [6, 6.07) is 6.48. The zero-order chi connectivity index (χ0) is 13.1. The van der Waals surface area contributed by atoms with Gasteiger partial charge in [0.1, 0.15) is 0 Å². The number of aryl methyl sites for hydroxylation is 1. The lowest BCUT2D eigenvalue weighted by Crippen LogP contribution is -2.19. The van der Waals surface area contributed by atoms with Crippen LogP contribution in [0.5, 0.6) is 0 Å². The maximum absolute atomic E-state index is 11.8. The molecule has 1 N–H and O–H groups in total. The van der Waals surface area contributed by atoms with Gasteiger partial charge in [-0.25, -0.2) is 8.42 Å². The third-order valence-electron chi connectivity index (χ3n) is 2.32. The van der Waals surface area contributed by atoms with E-state index in [-0.39, 0.29) is 10.7 Å². The van der Waals surface area contributed by atoms with Crippen LogP contribution in [-0.4, -0.2) is 14.2 Å². The summed E-state index contributed by atoms with van der Waals surface area (Å²) >= 11 is 0. The van der Waals surface area contributed by atoms with Crippen LogP contribution in [0.25, 0.3) is 0 Å². The van der Waals surface area contributed by atoms with E-state index in [2.05, 4.69) is 4.72 Å². The zero-order valence-electron chi connectivity index (χ0n) is 10.0. The summed E-state index contributed by atoms with van der Waals surface area (Å²) in [5.74, 6) is -0.170. The number of hydrogen-bond acceptors (Lipinski definition) is 3. The van der Waals surface area contributed by atoms with E-state index in [1.165, 1.54) is 25.3 Å². The highest BCUT2D eigenvalue weighted by Crippen LogP contribution is 2.10. The van der Waals surface area contributed by atoms with E-state index in [9.17, 15) is 13.2 Å². The molecule has 4 nitrogen and oxygen atoms in total. The molecule has 0 saturated carbocycles. The van der Waals surface area contributed by atoms with Crippen LogP contribution in [0.15, 0.2) is 40.9 Å². The number of benzene rings is 1. The molecule has 1 aromatic rings. The van der Waals surface area contributed by atoms with Gasteiger partial charge in [-0.05, 0) is 32.9 Å². The molecule has 5 heteroatoms. The van der Waals surface area contributed by atoms with Crippen molar-refractivity contribution in [2.75, 3.05) is 0 Å². The second-order valence-electron chi connectivity index (χ2n) is 3.82. The Hall–Kier alpha value is -1.62. The van der Waals surface area contributed by atoms with Gasteiger partial charge in [-0.15, -0.1) is 0 Å². The van der Waals surface area contributed by atoms with Crippen LogP contribution in [0.1, 0.15) is 19.4 Å². The van der Waals surface area contributed by atoms with Crippen molar-refractivity contribution in [1.82, 2.24) is 4.72 Å². The fourth-order valence-corrected chi connectivity index (χ4v) is 2.02. The van der Waals surface area contributed by atoms with Gasteiger partial charge in [-0.3, -0.25) is 9.52 Å². The molecular weight excluding hydrogens is 238 g/mol. The Labute approximate surface area is 101 Å². The molecular formula is C12H15NO3S. The summed E-state index contributed by atoms with van der Waals surface area (Å²) in [4.78, 5) is 11.1. The highest BCUT2D eigenvalue weighted by molar-refractivity contribution is 7.89. The third-order valence-corrected chi connectivity index (χ3v) is 3.64. The van der Waals surface area contributed by atoms with Crippen molar-refractivity contribution >= 4 is 15.8 Å². The van der Waals surface area contributed by atoms with Crippen LogP contribution in [0.3, 0.4) is 0 Å². The summed E-state index contributed by atoms with van der Waals surface area (Å²) < 4.78 is 25.9. The fraction of sp³-hybridized carbons (Fsp3) is 0.250. The quantitative estimate of drug-likeness (QED) is 0.832. The summed E-state index contributed by atoms with van der Waals surface area (Å²) in [7, 11) is -3.58. The Bertz CT molecular complexity index is 542. The molecule has 0 amide bonds. The predicted octanol–water partition coefficient (Wildman–Crippen LogP) is 1.77. The van der Waals surface area contributed by atoms with Crippen LogP contribution in [0.4, 0.5) is 0 Å². The van der Waals surface area contributed by atoms with Crippen molar-refractivity contribution < 1.29 is 13.2 Å². The summed E-state index contributed by atoms with van der Waals surface area (Å²) in [6.45, 7) is 4.82. The Balaban J connectivity index is 2.94. The number of rotatable bonds is 4. The van der Waals surface area contributed by atoms with Crippen molar-refractivity contribution in [2.45, 2.75) is 25.7 Å². The Morgan fingerprint density at radius 2 is 1.71 bits per heavy atom. The number of carbonyl (C=O) groups excluding carboxylic acids is 1. The monoisotopic (exact) mass is 253 g/mol. The van der Waals surface area contributed by atoms with E-state index in [1.807, 2.05) is 6.92 Å². The number of allylic oxidation sites excluding steroid dienone is 1. The van der Waals surface area contributed by atoms with Gasteiger partial charge in [0.2, 0.25) is 0 Å². The minimum atomic E-state index is -3.58. The number of hydrogen-bond donors (Lipinski definition) is 1. The average Bonchev–Trinajstić information content (AvgIpc) is 2.26. The molecule has 0 saturated heterocycles. The molecule has 0 fully saturated rings. The summed E-state index contributed by atoms with van der Waals surface area (Å²) in [5.41, 5.74) is 1.35. The molecule has 0 aliphatic carbocycles. The predicted molar refractivity (Wildman–Crippen MR) is 65.9 cm³/mol. The van der Waals surface area contributed by atoms with Crippen LogP contribution in [0.2, 0.25) is 0 Å². The van der Waals surface area contributed by atoms with Crippen LogP contribution >= 0.6 is 0 Å². The van der Waals surface area contributed by atoms with Gasteiger partial charge < -0.3 is 0 Å². The van der Waals surface area contributed by atoms with Crippen molar-refractivity contribution in [3.63, 3.8) is 0 Å². The molecule has 0 radical (unpaired) electrons. The molecule has 0 atom stereocenters. The smallest absolute Gasteiger partial charge is 0.261 e. The van der Waals surface area contributed by atoms with Crippen molar-refractivity contribution in [3.05, 3.63) is 41.6 Å². The molecule has 0 heterocycles. The van der Waals surface area contributed by atoms with Crippen LogP contribution < -0.4 is 4.72 Å². The lowest BCUT2D eigenvalue weighted by Gasteiger charge is -2.05. The molecule has 0 unspecified atom stereocenters. The van der Waals surface area contributed by atoms with Gasteiger partial charge in [-0.1, -0.05) is 17.7 Å². The van der Waals surface area contributed by atoms with Crippen molar-refractivity contribution in [3.8, 4) is 0 Å². The SMILES string of the molecule is CC(=O)/C(C)=C/NS(=O)(=O)c1ccc(C)cc1. The van der Waals surface area contributed by atoms with Crippen LogP contribution in [0, 0.1) is 6.92 Å². The van der Waals surface area contributed by atoms with E-state index in [0.29, 0.717) is 5.57 Å². The molecule has 0 aromatic heterocycles. The van der Waals surface area contributed by atoms with Crippen molar-refractivity contribution in [2.24, 2.45) is 0 Å². The average molecular weight is 253 g/mol. The molecule has 0 spiro atoms. The minimum absolute atomic E-state index is 0.170. The third kappa shape index (κ3) is 3.71. The molecule has 0 aliphatic rings. The second kappa shape index (κ2) is 5.14. The van der Waals surface area contributed by atoms with Gasteiger partial charge in [0.15, 0.2) is 5.78 Å². The van der Waals surface area contributed by atoms with Gasteiger partial charge >= 0.3 is 0 Å². The molecule has 92 valence electrons. The molecule has 0 bridgehead atoms. The normalized spacial score (nSPS) is 12.3. The molecule has 17 heavy (non-hydrogen) atoms. The van der Waals surface area contributed by atoms with E-state index in [0.717, 1.165) is 5.56 Å². The molecule has 1 aromatic carbocycles. The lowest BCUT2D eigenvalue weighted by atomic mass is 10.2. The van der Waals surface area contributed by atoms with E-state index in [1.54, 1.807) is 19.1 Å². The fourth-order valence-electron chi connectivity index (χ4n) is 1.05. The first-order valence-corrected chi connectivity index (χ1v) is 6.58. The maximum atomic E-state index is 11.8. The topological polar surface area (TPSA) is 63.2 Å². The van der Waals surface area contributed by atoms with E-state index in [4.69, 9.17) is 0 Å². The Morgan fingerprint density at radius 1 is 1.18 bits per heavy atom. The number of sulfonamides is 1. The van der Waals surface area contributed by atoms with Gasteiger partial charge in [-0.2, -0.15) is 0 Å². The molecule has 1 rings (SSSR count). The second-order valence-corrected chi connectivity index (χ2v) is 5.53. The van der Waals surface area contributed by atoms with E-state index < -0.39 is 10.0 Å². The van der Waals surface area contributed by atoms with Crippen molar-refractivity contribution in [1.29, 1.82) is 0 Å². The largest absolute Gasteiger partial charge is 0.295 e. The number of carbonyl (C=O) groups is 1. The number of nitrogens with one attached hydrogen (secondary N) is 1. The summed E-state index contributed by atoms with van der Waals surface area (Å²) in [6.07, 6.45) is 1.21. The van der Waals surface area contributed by atoms with Gasteiger partial charge in [0.25, 0.3) is 10.0 Å². The zero-order valence-corrected chi connectivity index (χ0v) is 10.8. The highest BCUT2D eigenvalue weighted by atomic mass is 32.2. The van der Waals surface area contributed by atoms with E-state index >= 15 is 0 Å².